The van der Waals surface area contributed by atoms with E-state index in [0.29, 0.717) is 6.54 Å². The zero-order valence-electron chi connectivity index (χ0n) is 5.42. The lowest BCUT2D eigenvalue weighted by Gasteiger charge is -2.03. The van der Waals surface area contributed by atoms with E-state index in [0.717, 1.165) is 0 Å². The molecule has 1 unspecified atom stereocenters. The molecule has 1 amide bonds. The molecule has 0 heterocycles. The van der Waals surface area contributed by atoms with Crippen molar-refractivity contribution >= 4 is 5.91 Å². The lowest BCUT2D eigenvalue weighted by atomic mass is 10.4. The van der Waals surface area contributed by atoms with Crippen LogP contribution in [0.5, 0.6) is 0 Å². The molecule has 0 spiro atoms. The number of nitrogens with one attached hydrogen (secondary N) is 1. The second-order valence-corrected chi connectivity index (χ2v) is 1.85. The molecule has 0 rings (SSSR count). The van der Waals surface area contributed by atoms with E-state index >= 15 is 0 Å². The van der Waals surface area contributed by atoms with Crippen LogP contribution in [0, 0.1) is 0 Å². The fraction of sp³-hybridized carbons (Fsp3) is 0.800. The summed E-state index contributed by atoms with van der Waals surface area (Å²) in [6, 6.07) is 0. The molecular formula is C5H12N2O2. The molecule has 0 radical (unpaired) electrons. The summed E-state index contributed by atoms with van der Waals surface area (Å²) in [4.78, 5) is 10.1. The van der Waals surface area contributed by atoms with Gasteiger partial charge in [-0.25, -0.2) is 0 Å². The van der Waals surface area contributed by atoms with Crippen molar-refractivity contribution in [2.24, 2.45) is 5.73 Å². The number of primary amides is 1. The minimum Gasteiger partial charge on any atom is -0.379 e. The molecule has 4 N–H and O–H groups in total. The van der Waals surface area contributed by atoms with Crippen LogP contribution in [0.3, 0.4) is 0 Å². The van der Waals surface area contributed by atoms with Crippen LogP contribution in [0.25, 0.3) is 0 Å². The Bertz CT molecular complexity index is 93.0. The van der Waals surface area contributed by atoms with Gasteiger partial charge in [-0.3, -0.25) is 10.1 Å². The Labute approximate surface area is 54.0 Å². The summed E-state index contributed by atoms with van der Waals surface area (Å²) in [5.41, 5.74) is 4.82. The summed E-state index contributed by atoms with van der Waals surface area (Å²) in [5, 5.41) is 11.2. The second kappa shape index (κ2) is 4.29. The standard InChI is InChI=1S/C5H12N2O2/c1-4(8)7-3-2-5(6)9/h4,7-8H,2-3H2,1H3,(H2,6,9). The number of carbonyl (C=O) groups excluding carboxylic acids is 1. The van der Waals surface area contributed by atoms with Gasteiger partial charge in [-0.15, -0.1) is 0 Å². The minimum absolute atomic E-state index is 0.269. The first kappa shape index (κ1) is 8.39. The van der Waals surface area contributed by atoms with E-state index in [-0.39, 0.29) is 12.3 Å². The van der Waals surface area contributed by atoms with Gasteiger partial charge in [0.1, 0.15) is 6.23 Å². The Hall–Kier alpha value is -0.610. The first-order chi connectivity index (χ1) is 4.13. The van der Waals surface area contributed by atoms with Crippen LogP contribution < -0.4 is 11.1 Å². The number of hydrogen-bond acceptors (Lipinski definition) is 3. The molecule has 0 aromatic carbocycles. The molecule has 0 aliphatic carbocycles. The van der Waals surface area contributed by atoms with Crippen LogP contribution in [-0.2, 0) is 4.79 Å². The summed E-state index contributed by atoms with van der Waals surface area (Å²) in [6.45, 7) is 2.02. The van der Waals surface area contributed by atoms with Crippen LogP contribution in [0.1, 0.15) is 13.3 Å². The normalized spacial score (nSPS) is 13.1. The third kappa shape index (κ3) is 7.39. The third-order valence-electron chi connectivity index (χ3n) is 0.811. The number of aliphatic hydroxyl groups is 1. The number of carbonyl (C=O) groups is 1. The first-order valence-electron chi connectivity index (χ1n) is 2.82. The lowest BCUT2D eigenvalue weighted by molar-refractivity contribution is -0.118. The molecule has 1 atom stereocenters. The topological polar surface area (TPSA) is 75.3 Å². The third-order valence-corrected chi connectivity index (χ3v) is 0.811. The number of rotatable bonds is 4. The van der Waals surface area contributed by atoms with Crippen molar-refractivity contribution in [3.05, 3.63) is 0 Å². The maximum atomic E-state index is 10.1. The lowest BCUT2D eigenvalue weighted by Crippen LogP contribution is -2.29. The quantitative estimate of drug-likeness (QED) is 0.420. The summed E-state index contributed by atoms with van der Waals surface area (Å²) in [5.74, 6) is -0.358. The molecule has 0 saturated heterocycles. The molecule has 0 aliphatic heterocycles. The zero-order valence-corrected chi connectivity index (χ0v) is 5.42. The van der Waals surface area contributed by atoms with Gasteiger partial charge in [0.05, 0.1) is 0 Å². The molecule has 54 valence electrons. The number of aliphatic hydroxyl groups excluding tert-OH is 1. The van der Waals surface area contributed by atoms with Gasteiger partial charge in [0, 0.05) is 13.0 Å². The van der Waals surface area contributed by atoms with E-state index in [2.05, 4.69) is 5.32 Å². The summed E-state index contributed by atoms with van der Waals surface area (Å²) >= 11 is 0. The minimum atomic E-state index is -0.565. The molecule has 9 heavy (non-hydrogen) atoms. The van der Waals surface area contributed by atoms with E-state index in [4.69, 9.17) is 10.8 Å². The molecule has 0 bridgehead atoms. The van der Waals surface area contributed by atoms with Gasteiger partial charge in [-0.1, -0.05) is 0 Å². The highest BCUT2D eigenvalue weighted by Gasteiger charge is 1.95. The predicted octanol–water partition coefficient (Wildman–Crippen LogP) is -1.21. The van der Waals surface area contributed by atoms with Crippen LogP contribution in [0.15, 0.2) is 0 Å². The Morgan fingerprint density at radius 1 is 1.89 bits per heavy atom. The SMILES string of the molecule is CC(O)NCCC(N)=O. The van der Waals surface area contributed by atoms with Gasteiger partial charge < -0.3 is 10.8 Å². The summed E-state index contributed by atoms with van der Waals surface area (Å²) in [6.07, 6.45) is -0.297. The predicted molar refractivity (Wildman–Crippen MR) is 33.5 cm³/mol. The van der Waals surface area contributed by atoms with Crippen molar-refractivity contribution in [3.8, 4) is 0 Å². The second-order valence-electron chi connectivity index (χ2n) is 1.85. The van der Waals surface area contributed by atoms with Gasteiger partial charge in [-0.05, 0) is 6.92 Å². The molecule has 4 nitrogen and oxygen atoms in total. The van der Waals surface area contributed by atoms with E-state index in [1.807, 2.05) is 0 Å². The van der Waals surface area contributed by atoms with E-state index in [1.165, 1.54) is 0 Å². The van der Waals surface area contributed by atoms with Crippen LogP contribution >= 0.6 is 0 Å². The van der Waals surface area contributed by atoms with Crippen LogP contribution in [0.4, 0.5) is 0 Å². The van der Waals surface area contributed by atoms with Gasteiger partial charge in [0.15, 0.2) is 0 Å². The number of nitrogens with two attached hydrogens (primary N) is 1. The van der Waals surface area contributed by atoms with Crippen LogP contribution in [-0.4, -0.2) is 23.8 Å². The summed E-state index contributed by atoms with van der Waals surface area (Å²) < 4.78 is 0. The molecule has 0 aromatic heterocycles. The Balaban J connectivity index is 3.01. The van der Waals surface area contributed by atoms with Crippen molar-refractivity contribution in [2.45, 2.75) is 19.6 Å². The average molecular weight is 132 g/mol. The molecule has 0 saturated carbocycles. The maximum Gasteiger partial charge on any atom is 0.218 e. The van der Waals surface area contributed by atoms with Crippen molar-refractivity contribution in [3.63, 3.8) is 0 Å². The highest BCUT2D eigenvalue weighted by molar-refractivity contribution is 5.73. The number of amides is 1. The molecule has 0 aromatic rings. The molecule has 4 heteroatoms. The Kier molecular flexibility index (Phi) is 4.00. The monoisotopic (exact) mass is 132 g/mol. The molecule has 0 fully saturated rings. The average Bonchev–Trinajstić information content (AvgIpc) is 1.63. The number of hydrogen-bond donors (Lipinski definition) is 3. The fourth-order valence-electron chi connectivity index (χ4n) is 0.404. The zero-order chi connectivity index (χ0) is 7.28. The van der Waals surface area contributed by atoms with Gasteiger partial charge in [0.2, 0.25) is 5.91 Å². The smallest absolute Gasteiger partial charge is 0.218 e. The van der Waals surface area contributed by atoms with Crippen molar-refractivity contribution in [1.29, 1.82) is 0 Å². The van der Waals surface area contributed by atoms with Crippen molar-refractivity contribution < 1.29 is 9.90 Å². The Morgan fingerprint density at radius 2 is 2.44 bits per heavy atom. The highest BCUT2D eigenvalue weighted by atomic mass is 16.3. The molecule has 0 aliphatic rings. The first-order valence-corrected chi connectivity index (χ1v) is 2.82. The van der Waals surface area contributed by atoms with Crippen molar-refractivity contribution in [1.82, 2.24) is 5.32 Å². The summed E-state index contributed by atoms with van der Waals surface area (Å²) in [7, 11) is 0. The van der Waals surface area contributed by atoms with Gasteiger partial charge >= 0.3 is 0 Å². The van der Waals surface area contributed by atoms with E-state index < -0.39 is 6.23 Å². The molecular weight excluding hydrogens is 120 g/mol. The van der Waals surface area contributed by atoms with E-state index in [9.17, 15) is 4.79 Å². The van der Waals surface area contributed by atoms with E-state index in [1.54, 1.807) is 6.92 Å². The van der Waals surface area contributed by atoms with Gasteiger partial charge in [-0.2, -0.15) is 0 Å². The van der Waals surface area contributed by atoms with Crippen LogP contribution in [0.2, 0.25) is 0 Å². The Morgan fingerprint density at radius 3 is 2.78 bits per heavy atom. The highest BCUT2D eigenvalue weighted by Crippen LogP contribution is 1.75. The van der Waals surface area contributed by atoms with Crippen molar-refractivity contribution in [2.75, 3.05) is 6.54 Å². The maximum absolute atomic E-state index is 10.1. The largest absolute Gasteiger partial charge is 0.379 e. The van der Waals surface area contributed by atoms with Gasteiger partial charge in [0.25, 0.3) is 0 Å². The fourth-order valence-corrected chi connectivity index (χ4v) is 0.404.